The van der Waals surface area contributed by atoms with Crippen LogP contribution in [-0.4, -0.2) is 26.0 Å². The van der Waals surface area contributed by atoms with Gasteiger partial charge >= 0.3 is 0 Å². The third-order valence-corrected chi connectivity index (χ3v) is 4.62. The summed E-state index contributed by atoms with van der Waals surface area (Å²) in [5.74, 6) is 3.89. The molecule has 2 aromatic heterocycles. The van der Waals surface area contributed by atoms with Crippen LogP contribution in [0.1, 0.15) is 24.7 Å². The monoisotopic (exact) mass is 267 g/mol. The minimum absolute atomic E-state index is 0.468. The Labute approximate surface area is 110 Å². The Balaban J connectivity index is 2.11. The van der Waals surface area contributed by atoms with Crippen LogP contribution < -0.4 is 0 Å². The molecular formula is C12H14ClN3S. The first-order chi connectivity index (χ1) is 8.40. The molecule has 17 heavy (non-hydrogen) atoms. The van der Waals surface area contributed by atoms with Crippen molar-refractivity contribution < 1.29 is 0 Å². The highest BCUT2D eigenvalue weighted by molar-refractivity contribution is 7.99. The van der Waals surface area contributed by atoms with Crippen molar-refractivity contribution in [3.63, 3.8) is 0 Å². The van der Waals surface area contributed by atoms with Crippen molar-refractivity contribution in [2.24, 2.45) is 0 Å². The standard InChI is InChI=1S/C12H14ClN3S/c13-6-12-15-10-7-14-4-3-11(10)16(12)9-2-1-5-17-8-9/h3-4,7,9H,1-2,5-6,8H2. The van der Waals surface area contributed by atoms with Gasteiger partial charge in [-0.3, -0.25) is 4.98 Å². The molecule has 1 fully saturated rings. The van der Waals surface area contributed by atoms with E-state index in [-0.39, 0.29) is 0 Å². The van der Waals surface area contributed by atoms with Gasteiger partial charge in [-0.2, -0.15) is 11.8 Å². The predicted molar refractivity (Wildman–Crippen MR) is 72.7 cm³/mol. The summed E-state index contributed by atoms with van der Waals surface area (Å²) >= 11 is 8.03. The van der Waals surface area contributed by atoms with Crippen molar-refractivity contribution in [3.05, 3.63) is 24.3 Å². The lowest BCUT2D eigenvalue weighted by Gasteiger charge is -2.24. The summed E-state index contributed by atoms with van der Waals surface area (Å²) in [7, 11) is 0. The average molecular weight is 268 g/mol. The number of pyridine rings is 1. The second kappa shape index (κ2) is 4.86. The number of nitrogens with zero attached hydrogens (tertiary/aromatic N) is 3. The van der Waals surface area contributed by atoms with Gasteiger partial charge in [0.15, 0.2) is 0 Å². The lowest BCUT2D eigenvalue weighted by Crippen LogP contribution is -2.17. The molecule has 0 bridgehead atoms. The van der Waals surface area contributed by atoms with E-state index in [0.717, 1.165) is 17.1 Å². The Morgan fingerprint density at radius 2 is 2.47 bits per heavy atom. The maximum absolute atomic E-state index is 6.01. The Morgan fingerprint density at radius 3 is 3.24 bits per heavy atom. The van der Waals surface area contributed by atoms with Crippen LogP contribution in [0.3, 0.4) is 0 Å². The number of rotatable bonds is 2. The molecule has 1 saturated heterocycles. The van der Waals surface area contributed by atoms with Crippen molar-refractivity contribution >= 4 is 34.4 Å². The minimum Gasteiger partial charge on any atom is -0.323 e. The number of imidazole rings is 1. The van der Waals surface area contributed by atoms with Gasteiger partial charge in [-0.25, -0.2) is 4.98 Å². The molecule has 1 aliphatic rings. The Bertz CT molecular complexity index is 519. The molecule has 0 saturated carbocycles. The highest BCUT2D eigenvalue weighted by Gasteiger charge is 2.21. The number of thioether (sulfide) groups is 1. The van der Waals surface area contributed by atoms with E-state index in [0.29, 0.717) is 11.9 Å². The zero-order valence-corrected chi connectivity index (χ0v) is 11.0. The van der Waals surface area contributed by atoms with Gasteiger partial charge < -0.3 is 4.57 Å². The zero-order valence-electron chi connectivity index (χ0n) is 9.47. The maximum atomic E-state index is 6.01. The fourth-order valence-corrected chi connectivity index (χ4v) is 3.74. The van der Waals surface area contributed by atoms with Crippen LogP contribution in [-0.2, 0) is 5.88 Å². The number of alkyl halides is 1. The summed E-state index contributed by atoms with van der Waals surface area (Å²) in [4.78, 5) is 8.69. The molecule has 3 heterocycles. The Hall–Kier alpha value is -0.740. The number of fused-ring (bicyclic) bond motifs is 1. The van der Waals surface area contributed by atoms with E-state index in [9.17, 15) is 0 Å². The molecule has 0 spiro atoms. The first kappa shape index (κ1) is 11.4. The molecule has 1 aliphatic heterocycles. The van der Waals surface area contributed by atoms with Crippen molar-refractivity contribution in [2.75, 3.05) is 11.5 Å². The second-order valence-electron chi connectivity index (χ2n) is 4.27. The number of hydrogen-bond acceptors (Lipinski definition) is 3. The molecule has 0 aromatic carbocycles. The van der Waals surface area contributed by atoms with Gasteiger partial charge in [0.25, 0.3) is 0 Å². The summed E-state index contributed by atoms with van der Waals surface area (Å²) in [5, 5.41) is 0. The summed E-state index contributed by atoms with van der Waals surface area (Å²) in [6.07, 6.45) is 6.15. The van der Waals surface area contributed by atoms with Crippen LogP contribution in [0.15, 0.2) is 18.5 Å². The minimum atomic E-state index is 0.468. The maximum Gasteiger partial charge on any atom is 0.125 e. The van der Waals surface area contributed by atoms with Crippen molar-refractivity contribution in [1.29, 1.82) is 0 Å². The van der Waals surface area contributed by atoms with E-state index in [1.807, 2.05) is 30.2 Å². The van der Waals surface area contributed by atoms with E-state index in [4.69, 9.17) is 11.6 Å². The van der Waals surface area contributed by atoms with Crippen molar-refractivity contribution in [3.8, 4) is 0 Å². The average Bonchev–Trinajstić information content (AvgIpc) is 2.78. The lowest BCUT2D eigenvalue weighted by atomic mass is 10.2. The summed E-state index contributed by atoms with van der Waals surface area (Å²) < 4.78 is 2.32. The quantitative estimate of drug-likeness (QED) is 0.783. The molecule has 0 N–H and O–H groups in total. The smallest absolute Gasteiger partial charge is 0.125 e. The topological polar surface area (TPSA) is 30.7 Å². The van der Waals surface area contributed by atoms with Gasteiger partial charge in [-0.05, 0) is 24.7 Å². The fourth-order valence-electron chi connectivity index (χ4n) is 2.43. The van der Waals surface area contributed by atoms with Crippen LogP contribution in [0.2, 0.25) is 0 Å². The molecule has 1 atom stereocenters. The van der Waals surface area contributed by atoms with Crippen LogP contribution in [0.25, 0.3) is 11.0 Å². The molecule has 0 amide bonds. The van der Waals surface area contributed by atoms with Gasteiger partial charge in [0, 0.05) is 18.0 Å². The van der Waals surface area contributed by atoms with E-state index in [1.165, 1.54) is 24.1 Å². The highest BCUT2D eigenvalue weighted by atomic mass is 35.5. The zero-order chi connectivity index (χ0) is 11.7. The Morgan fingerprint density at radius 1 is 1.53 bits per heavy atom. The lowest BCUT2D eigenvalue weighted by molar-refractivity contribution is 0.499. The third kappa shape index (κ3) is 2.04. The number of halogens is 1. The van der Waals surface area contributed by atoms with Crippen molar-refractivity contribution in [2.45, 2.75) is 24.8 Å². The Kier molecular flexibility index (Phi) is 3.25. The van der Waals surface area contributed by atoms with Crippen LogP contribution >= 0.6 is 23.4 Å². The molecule has 90 valence electrons. The van der Waals surface area contributed by atoms with E-state index >= 15 is 0 Å². The van der Waals surface area contributed by atoms with Crippen LogP contribution in [0.4, 0.5) is 0 Å². The highest BCUT2D eigenvalue weighted by Crippen LogP contribution is 2.31. The number of hydrogen-bond donors (Lipinski definition) is 0. The van der Waals surface area contributed by atoms with Gasteiger partial charge in [0.2, 0.25) is 0 Å². The largest absolute Gasteiger partial charge is 0.323 e. The first-order valence-corrected chi connectivity index (χ1v) is 7.53. The van der Waals surface area contributed by atoms with Gasteiger partial charge in [0.05, 0.1) is 17.6 Å². The number of aromatic nitrogens is 3. The molecule has 1 unspecified atom stereocenters. The summed E-state index contributed by atoms with van der Waals surface area (Å²) in [6, 6.07) is 2.58. The molecule has 0 radical (unpaired) electrons. The van der Waals surface area contributed by atoms with E-state index < -0.39 is 0 Å². The fraction of sp³-hybridized carbons (Fsp3) is 0.500. The van der Waals surface area contributed by atoms with Crippen molar-refractivity contribution in [1.82, 2.24) is 14.5 Å². The normalized spacial score (nSPS) is 20.9. The van der Waals surface area contributed by atoms with E-state index in [2.05, 4.69) is 14.5 Å². The van der Waals surface area contributed by atoms with Gasteiger partial charge in [0.1, 0.15) is 11.3 Å². The molecule has 5 heteroatoms. The SMILES string of the molecule is ClCc1nc2cnccc2n1C1CCCSC1. The molecule has 0 aliphatic carbocycles. The summed E-state index contributed by atoms with van der Waals surface area (Å²) in [6.45, 7) is 0. The molecular weight excluding hydrogens is 254 g/mol. The first-order valence-electron chi connectivity index (χ1n) is 5.84. The van der Waals surface area contributed by atoms with E-state index in [1.54, 1.807) is 0 Å². The molecule has 3 rings (SSSR count). The molecule has 3 nitrogen and oxygen atoms in total. The second-order valence-corrected chi connectivity index (χ2v) is 5.68. The predicted octanol–water partition coefficient (Wildman–Crippen LogP) is 3.24. The van der Waals surface area contributed by atoms with Crippen LogP contribution in [0, 0.1) is 0 Å². The van der Waals surface area contributed by atoms with Gasteiger partial charge in [-0.1, -0.05) is 0 Å². The molecule has 2 aromatic rings. The summed E-state index contributed by atoms with van der Waals surface area (Å²) in [5.41, 5.74) is 2.13. The van der Waals surface area contributed by atoms with Crippen LogP contribution in [0.5, 0.6) is 0 Å². The third-order valence-electron chi connectivity index (χ3n) is 3.19. The van der Waals surface area contributed by atoms with Gasteiger partial charge in [-0.15, -0.1) is 11.6 Å².